The minimum atomic E-state index is -0.238. The fraction of sp³-hybridized carbons (Fsp3) is 0.800. The first-order valence-electron chi connectivity index (χ1n) is 4.74. The number of aliphatic hydroxyl groups is 1. The van der Waals surface area contributed by atoms with E-state index in [9.17, 15) is 0 Å². The Kier molecular flexibility index (Phi) is 15.2. The lowest BCUT2D eigenvalue weighted by atomic mass is 10.5. The van der Waals surface area contributed by atoms with Crippen molar-refractivity contribution in [1.29, 1.82) is 0 Å². The lowest BCUT2D eigenvalue weighted by Crippen LogP contribution is -2.03. The Bertz CT molecular complexity index is 194. The van der Waals surface area contributed by atoms with Gasteiger partial charge in [-0.2, -0.15) is 0 Å². The van der Waals surface area contributed by atoms with E-state index >= 15 is 0 Å². The van der Waals surface area contributed by atoms with E-state index in [1.54, 1.807) is 6.92 Å². The number of hydrogen-bond donors (Lipinski definition) is 1. The van der Waals surface area contributed by atoms with Crippen LogP contribution in [0, 0.1) is 5.92 Å². The van der Waals surface area contributed by atoms with E-state index < -0.39 is 0 Å². The van der Waals surface area contributed by atoms with E-state index in [4.69, 9.17) is 17.3 Å². The van der Waals surface area contributed by atoms with Crippen molar-refractivity contribution in [3.8, 4) is 0 Å². The summed E-state index contributed by atoms with van der Waals surface area (Å²) in [6.07, 6.45) is 2.73. The highest BCUT2D eigenvalue weighted by molar-refractivity contribution is 8.23. The molecule has 15 heavy (non-hydrogen) atoms. The Morgan fingerprint density at radius 3 is 1.93 bits per heavy atom. The molecule has 1 fully saturated rings. The van der Waals surface area contributed by atoms with Crippen molar-refractivity contribution in [3.05, 3.63) is 0 Å². The van der Waals surface area contributed by atoms with Crippen LogP contribution in [0.25, 0.3) is 0 Å². The number of rotatable bonds is 2. The molecular formula is C10H18OS4. The zero-order valence-electron chi connectivity index (χ0n) is 9.36. The summed E-state index contributed by atoms with van der Waals surface area (Å²) in [6, 6.07) is 0. The van der Waals surface area contributed by atoms with Crippen molar-refractivity contribution >= 4 is 56.9 Å². The van der Waals surface area contributed by atoms with Crippen LogP contribution in [0.15, 0.2) is 0 Å². The molecule has 0 radical (unpaired) electrons. The Hall–Kier alpha value is 0.620. The van der Waals surface area contributed by atoms with Crippen molar-refractivity contribution in [3.63, 3.8) is 0 Å². The zero-order valence-corrected chi connectivity index (χ0v) is 12.6. The minimum Gasteiger partial charge on any atom is -0.393 e. The average Bonchev–Trinajstić information content (AvgIpc) is 2.87. The predicted octanol–water partition coefficient (Wildman–Crippen LogP) is 3.88. The molecule has 0 amide bonds. The molecule has 1 aliphatic rings. The fourth-order valence-electron chi connectivity index (χ4n) is 0.405. The number of thioether (sulfide) groups is 1. The van der Waals surface area contributed by atoms with Gasteiger partial charge in [0, 0.05) is 14.3 Å². The third-order valence-electron chi connectivity index (χ3n) is 1.39. The molecule has 0 saturated heterocycles. The van der Waals surface area contributed by atoms with E-state index in [0.29, 0.717) is 0 Å². The van der Waals surface area contributed by atoms with Crippen LogP contribution in [0.4, 0.5) is 0 Å². The van der Waals surface area contributed by atoms with Gasteiger partial charge in [-0.05, 0) is 44.2 Å². The normalized spacial score (nSPS) is 14.7. The third kappa shape index (κ3) is 31.3. The van der Waals surface area contributed by atoms with Crippen LogP contribution in [-0.2, 0) is 0 Å². The maximum Gasteiger partial charge on any atom is 0.0606 e. The van der Waals surface area contributed by atoms with Gasteiger partial charge in [-0.1, -0.05) is 32.0 Å². The fourth-order valence-corrected chi connectivity index (χ4v) is 1.08. The third-order valence-corrected chi connectivity index (χ3v) is 2.80. The van der Waals surface area contributed by atoms with Crippen LogP contribution in [0.5, 0.6) is 0 Å². The molecule has 0 bridgehead atoms. The molecule has 1 saturated carbocycles. The molecule has 1 unspecified atom stereocenters. The zero-order chi connectivity index (χ0) is 12.3. The summed E-state index contributed by atoms with van der Waals surface area (Å²) in [5, 5.41) is 8.72. The average molecular weight is 283 g/mol. The molecule has 1 atom stereocenters. The Balaban J connectivity index is 0. The number of aliphatic hydroxyl groups excluding tert-OH is 1. The summed E-state index contributed by atoms with van der Waals surface area (Å²) in [6.45, 7) is 5.90. The molecule has 1 aliphatic carbocycles. The molecule has 0 aromatic rings. The van der Waals surface area contributed by atoms with Gasteiger partial charge in [-0.15, -0.1) is 11.8 Å². The van der Waals surface area contributed by atoms with Crippen molar-refractivity contribution in [1.82, 2.24) is 0 Å². The molecule has 0 heterocycles. The topological polar surface area (TPSA) is 20.2 Å². The second-order valence-corrected chi connectivity index (χ2v) is 6.19. The number of thiocarbonyl (C=S) groups is 3. The summed E-state index contributed by atoms with van der Waals surface area (Å²) in [7, 11) is 0. The van der Waals surface area contributed by atoms with Gasteiger partial charge in [-0.3, -0.25) is 0 Å². The lowest BCUT2D eigenvalue weighted by Gasteiger charge is -1.99. The Labute approximate surface area is 113 Å². The van der Waals surface area contributed by atoms with Gasteiger partial charge < -0.3 is 5.11 Å². The molecule has 1 N–H and O–H groups in total. The van der Waals surface area contributed by atoms with Crippen LogP contribution in [-0.4, -0.2) is 25.5 Å². The van der Waals surface area contributed by atoms with E-state index in [0.717, 1.165) is 15.9 Å². The van der Waals surface area contributed by atoms with Crippen LogP contribution < -0.4 is 0 Å². The molecule has 0 aromatic heterocycles. The highest BCUT2D eigenvalue weighted by Gasteiger charge is 2.12. The van der Waals surface area contributed by atoms with E-state index in [1.165, 1.54) is 24.6 Å². The van der Waals surface area contributed by atoms with Crippen LogP contribution in [0.1, 0.15) is 33.6 Å². The van der Waals surface area contributed by atoms with E-state index in [2.05, 4.69) is 31.4 Å². The maximum atomic E-state index is 8.72. The minimum absolute atomic E-state index is 0.238. The van der Waals surface area contributed by atoms with Crippen molar-refractivity contribution in [2.75, 3.05) is 5.75 Å². The van der Waals surface area contributed by atoms with Gasteiger partial charge in [0.15, 0.2) is 0 Å². The molecule has 1 nitrogen and oxygen atoms in total. The molecule has 0 spiro atoms. The van der Waals surface area contributed by atoms with Gasteiger partial charge in [-0.25, -0.2) is 0 Å². The van der Waals surface area contributed by atoms with Crippen molar-refractivity contribution in [2.24, 2.45) is 5.92 Å². The second-order valence-electron chi connectivity index (χ2n) is 3.42. The summed E-state index contributed by atoms with van der Waals surface area (Å²) in [4.78, 5) is 0. The van der Waals surface area contributed by atoms with Gasteiger partial charge in [0.25, 0.3) is 0 Å². The largest absolute Gasteiger partial charge is 0.393 e. The Morgan fingerprint density at radius 1 is 1.53 bits per heavy atom. The molecule has 1 rings (SSSR count). The van der Waals surface area contributed by atoms with Crippen LogP contribution >= 0.6 is 48.4 Å². The standard InChI is InChI=1S/C5H10OS2.C4H8.CS2/c1-4(6)3-8-5(2)7;1-4-2-3-4;2-1-3/h4,6H,3H2,1-2H3;4H,2-3H2,1H3;. The highest BCUT2D eigenvalue weighted by Crippen LogP contribution is 2.26. The van der Waals surface area contributed by atoms with Crippen LogP contribution in [0.2, 0.25) is 0 Å². The van der Waals surface area contributed by atoms with Gasteiger partial charge >= 0.3 is 0 Å². The predicted molar refractivity (Wildman–Crippen MR) is 81.0 cm³/mol. The molecule has 0 aliphatic heterocycles. The van der Waals surface area contributed by atoms with Crippen molar-refractivity contribution in [2.45, 2.75) is 39.7 Å². The maximum absolute atomic E-state index is 8.72. The van der Waals surface area contributed by atoms with Gasteiger partial charge in [0.05, 0.1) is 6.10 Å². The number of hydrogen-bond acceptors (Lipinski definition) is 5. The second kappa shape index (κ2) is 12.7. The smallest absolute Gasteiger partial charge is 0.0606 e. The first kappa shape index (κ1) is 18.0. The first-order chi connectivity index (χ1) is 6.93. The monoisotopic (exact) mass is 282 g/mol. The van der Waals surface area contributed by atoms with E-state index in [-0.39, 0.29) is 6.10 Å². The summed E-state index contributed by atoms with van der Waals surface area (Å²) < 4.78 is 2.81. The highest BCUT2D eigenvalue weighted by atomic mass is 32.2. The molecular weight excluding hydrogens is 264 g/mol. The Morgan fingerprint density at radius 2 is 1.87 bits per heavy atom. The molecule has 88 valence electrons. The molecule has 0 aromatic carbocycles. The van der Waals surface area contributed by atoms with Gasteiger partial charge in [0.2, 0.25) is 0 Å². The van der Waals surface area contributed by atoms with Crippen molar-refractivity contribution < 1.29 is 5.11 Å². The van der Waals surface area contributed by atoms with Gasteiger partial charge in [0.1, 0.15) is 0 Å². The summed E-state index contributed by atoms with van der Waals surface area (Å²) >= 11 is 14.2. The lowest BCUT2D eigenvalue weighted by molar-refractivity contribution is 0.220. The first-order valence-corrected chi connectivity index (χ1v) is 6.95. The van der Waals surface area contributed by atoms with E-state index in [1.807, 2.05) is 11.2 Å². The summed E-state index contributed by atoms with van der Waals surface area (Å²) in [5.74, 6) is 1.80. The quantitative estimate of drug-likeness (QED) is 0.773. The SMILES string of the molecule is CC(=S)SCC(C)O.CC1CC1.S=C=S. The summed E-state index contributed by atoms with van der Waals surface area (Å²) in [5.41, 5.74) is 0. The molecule has 5 heteroatoms. The van der Waals surface area contributed by atoms with Crippen LogP contribution in [0.3, 0.4) is 0 Å².